The standard InChI is InChI=1S/C7H8BClN2O/c8-11-7(12)6-4(9)2-1-3-5(6)10/h1-3H,8,10H2,(H,11,12). The highest BCUT2D eigenvalue weighted by Crippen LogP contribution is 2.21. The van der Waals surface area contributed by atoms with Crippen LogP contribution in [-0.4, -0.2) is 13.9 Å². The lowest BCUT2D eigenvalue weighted by molar-refractivity contribution is 0.0982. The Kier molecular flexibility index (Phi) is 2.60. The Morgan fingerprint density at radius 2 is 2.25 bits per heavy atom. The number of hydrogen-bond donors (Lipinski definition) is 2. The van der Waals surface area contributed by atoms with Gasteiger partial charge in [0.15, 0.2) is 0 Å². The molecular weight excluding hydrogens is 174 g/mol. The highest BCUT2D eigenvalue weighted by atomic mass is 35.5. The van der Waals surface area contributed by atoms with Crippen molar-refractivity contribution in [2.24, 2.45) is 0 Å². The van der Waals surface area contributed by atoms with Crippen molar-refractivity contribution >= 4 is 31.2 Å². The zero-order valence-corrected chi connectivity index (χ0v) is 7.35. The van der Waals surface area contributed by atoms with Crippen LogP contribution in [0.1, 0.15) is 10.4 Å². The molecule has 0 saturated carbocycles. The molecule has 0 saturated heterocycles. The summed E-state index contributed by atoms with van der Waals surface area (Å²) in [7, 11) is 1.53. The van der Waals surface area contributed by atoms with Crippen LogP contribution in [0.15, 0.2) is 18.2 Å². The van der Waals surface area contributed by atoms with Crippen LogP contribution >= 0.6 is 11.6 Å². The van der Waals surface area contributed by atoms with Crippen LogP contribution < -0.4 is 11.0 Å². The molecule has 0 spiro atoms. The van der Waals surface area contributed by atoms with E-state index in [1.165, 1.54) is 7.98 Å². The molecule has 3 nitrogen and oxygen atoms in total. The molecule has 0 aliphatic carbocycles. The number of halogens is 1. The van der Waals surface area contributed by atoms with Crippen molar-refractivity contribution in [1.82, 2.24) is 5.23 Å². The zero-order valence-electron chi connectivity index (χ0n) is 6.60. The Morgan fingerprint density at radius 1 is 1.58 bits per heavy atom. The summed E-state index contributed by atoms with van der Waals surface area (Å²) in [6.07, 6.45) is 0. The van der Waals surface area contributed by atoms with Gasteiger partial charge < -0.3 is 11.0 Å². The van der Waals surface area contributed by atoms with Crippen molar-refractivity contribution in [1.29, 1.82) is 0 Å². The molecule has 5 heteroatoms. The molecule has 0 radical (unpaired) electrons. The van der Waals surface area contributed by atoms with Crippen LogP contribution in [0.5, 0.6) is 0 Å². The van der Waals surface area contributed by atoms with E-state index in [1.807, 2.05) is 0 Å². The minimum absolute atomic E-state index is 0.266. The molecule has 1 aromatic rings. The predicted octanol–water partition coefficient (Wildman–Crippen LogP) is 0.200. The largest absolute Gasteiger partial charge is 0.402 e. The summed E-state index contributed by atoms with van der Waals surface area (Å²) in [5.41, 5.74) is 6.28. The number of nitrogens with two attached hydrogens (primary N) is 1. The summed E-state index contributed by atoms with van der Waals surface area (Å²) in [5, 5.41) is 2.83. The monoisotopic (exact) mass is 182 g/mol. The summed E-state index contributed by atoms with van der Waals surface area (Å²) in [6.45, 7) is 0. The van der Waals surface area contributed by atoms with Gasteiger partial charge in [0, 0.05) is 5.69 Å². The first-order valence-electron chi connectivity index (χ1n) is 3.43. The van der Waals surface area contributed by atoms with E-state index in [-0.39, 0.29) is 5.91 Å². The highest BCUT2D eigenvalue weighted by Gasteiger charge is 2.10. The van der Waals surface area contributed by atoms with Gasteiger partial charge in [-0.05, 0) is 12.1 Å². The maximum absolute atomic E-state index is 11.2. The third kappa shape index (κ3) is 1.53. The van der Waals surface area contributed by atoms with Gasteiger partial charge in [-0.2, -0.15) is 0 Å². The molecule has 0 aliphatic rings. The first-order chi connectivity index (χ1) is 5.66. The Labute approximate surface area is 76.3 Å². The highest BCUT2D eigenvalue weighted by molar-refractivity contribution is 6.35. The maximum Gasteiger partial charge on any atom is 0.242 e. The molecule has 0 bridgehead atoms. The van der Waals surface area contributed by atoms with Crippen molar-refractivity contribution in [2.45, 2.75) is 0 Å². The van der Waals surface area contributed by atoms with Gasteiger partial charge in [0.05, 0.1) is 10.6 Å². The molecule has 0 unspecified atom stereocenters. The SMILES string of the molecule is BNC(=O)c1c(N)cccc1Cl. The van der Waals surface area contributed by atoms with Crippen LogP contribution in [0.3, 0.4) is 0 Å². The van der Waals surface area contributed by atoms with Gasteiger partial charge in [-0.25, -0.2) is 0 Å². The second-order valence-electron chi connectivity index (χ2n) is 2.28. The molecule has 62 valence electrons. The lowest BCUT2D eigenvalue weighted by Crippen LogP contribution is -2.21. The number of carbonyl (C=O) groups is 1. The molecular formula is C7H8BClN2O. The van der Waals surface area contributed by atoms with Gasteiger partial charge in [-0.15, -0.1) is 0 Å². The smallest absolute Gasteiger partial charge is 0.242 e. The molecule has 0 fully saturated rings. The fourth-order valence-electron chi connectivity index (χ4n) is 0.905. The third-order valence-electron chi connectivity index (χ3n) is 1.50. The van der Waals surface area contributed by atoms with E-state index in [2.05, 4.69) is 5.23 Å². The minimum Gasteiger partial charge on any atom is -0.402 e. The summed E-state index contributed by atoms with van der Waals surface area (Å²) >= 11 is 5.76. The lowest BCUT2D eigenvalue weighted by atomic mass is 10.1. The number of rotatable bonds is 1. The Bertz CT molecular complexity index is 296. The molecule has 0 atom stereocenters. The molecule has 1 aromatic carbocycles. The first kappa shape index (κ1) is 8.94. The summed E-state index contributed by atoms with van der Waals surface area (Å²) < 4.78 is 0. The van der Waals surface area contributed by atoms with Crippen molar-refractivity contribution in [2.75, 3.05) is 5.73 Å². The van der Waals surface area contributed by atoms with Gasteiger partial charge in [0.2, 0.25) is 13.9 Å². The second kappa shape index (κ2) is 3.49. The minimum atomic E-state index is -0.266. The summed E-state index contributed by atoms with van der Waals surface area (Å²) in [5.74, 6) is -0.266. The average molecular weight is 182 g/mol. The second-order valence-corrected chi connectivity index (χ2v) is 2.69. The number of anilines is 1. The average Bonchev–Trinajstić information content (AvgIpc) is 2.03. The van der Waals surface area contributed by atoms with E-state index in [4.69, 9.17) is 17.3 Å². The molecule has 0 aliphatic heterocycles. The third-order valence-corrected chi connectivity index (χ3v) is 1.81. The number of benzene rings is 1. The zero-order chi connectivity index (χ0) is 9.14. The van der Waals surface area contributed by atoms with Gasteiger partial charge in [-0.1, -0.05) is 17.7 Å². The van der Waals surface area contributed by atoms with E-state index in [0.717, 1.165) is 0 Å². The maximum atomic E-state index is 11.2. The normalized spacial score (nSPS) is 9.42. The summed E-state index contributed by atoms with van der Waals surface area (Å²) in [4.78, 5) is 11.2. The topological polar surface area (TPSA) is 55.1 Å². The van der Waals surface area contributed by atoms with E-state index in [1.54, 1.807) is 18.2 Å². The number of nitrogen functional groups attached to an aromatic ring is 1. The van der Waals surface area contributed by atoms with Crippen LogP contribution in [0, 0.1) is 0 Å². The molecule has 0 heterocycles. The molecule has 1 rings (SSSR count). The molecule has 3 N–H and O–H groups in total. The molecule has 0 aromatic heterocycles. The van der Waals surface area contributed by atoms with Gasteiger partial charge in [-0.3, -0.25) is 4.79 Å². The fourth-order valence-corrected chi connectivity index (χ4v) is 1.17. The van der Waals surface area contributed by atoms with E-state index in [0.29, 0.717) is 16.3 Å². The molecule has 12 heavy (non-hydrogen) atoms. The Balaban J connectivity index is 3.21. The number of amides is 1. The van der Waals surface area contributed by atoms with Crippen molar-refractivity contribution in [3.05, 3.63) is 28.8 Å². The summed E-state index contributed by atoms with van der Waals surface area (Å²) in [6, 6.07) is 4.96. The Hall–Kier alpha value is -1.16. The van der Waals surface area contributed by atoms with E-state index >= 15 is 0 Å². The van der Waals surface area contributed by atoms with E-state index in [9.17, 15) is 4.79 Å². The van der Waals surface area contributed by atoms with Crippen LogP contribution in [0.4, 0.5) is 5.69 Å². The van der Waals surface area contributed by atoms with Gasteiger partial charge in [0.1, 0.15) is 0 Å². The number of carbonyl (C=O) groups excluding carboxylic acids is 1. The lowest BCUT2D eigenvalue weighted by Gasteiger charge is -2.05. The van der Waals surface area contributed by atoms with Crippen molar-refractivity contribution < 1.29 is 4.79 Å². The van der Waals surface area contributed by atoms with E-state index < -0.39 is 0 Å². The fraction of sp³-hybridized carbons (Fsp3) is 0. The van der Waals surface area contributed by atoms with Gasteiger partial charge >= 0.3 is 0 Å². The molecule has 1 amide bonds. The number of hydrogen-bond acceptors (Lipinski definition) is 2. The van der Waals surface area contributed by atoms with Gasteiger partial charge in [0.25, 0.3) is 0 Å². The number of nitrogens with one attached hydrogen (secondary N) is 1. The van der Waals surface area contributed by atoms with Crippen LogP contribution in [-0.2, 0) is 0 Å². The van der Waals surface area contributed by atoms with Crippen LogP contribution in [0.25, 0.3) is 0 Å². The Morgan fingerprint density at radius 3 is 2.75 bits per heavy atom. The predicted molar refractivity (Wildman–Crippen MR) is 51.9 cm³/mol. The van der Waals surface area contributed by atoms with Crippen LogP contribution in [0.2, 0.25) is 5.02 Å². The first-order valence-corrected chi connectivity index (χ1v) is 3.80. The quantitative estimate of drug-likeness (QED) is 0.482. The van der Waals surface area contributed by atoms with Crippen molar-refractivity contribution in [3.63, 3.8) is 0 Å². The van der Waals surface area contributed by atoms with Crippen molar-refractivity contribution in [3.8, 4) is 0 Å².